The lowest BCUT2D eigenvalue weighted by Crippen LogP contribution is -2.40. The number of hydrogen-bond acceptors (Lipinski definition) is 5. The van der Waals surface area contributed by atoms with Crippen LogP contribution in [0.3, 0.4) is 0 Å². The second-order valence-corrected chi connectivity index (χ2v) is 5.30. The zero-order chi connectivity index (χ0) is 15.0. The Labute approximate surface area is 123 Å². The lowest BCUT2D eigenvalue weighted by Gasteiger charge is -2.11. The minimum atomic E-state index is -0.457. The van der Waals surface area contributed by atoms with Crippen LogP contribution in [0.5, 0.6) is 0 Å². The maximum Gasteiger partial charge on any atom is 0.237 e. The van der Waals surface area contributed by atoms with Gasteiger partial charge in [0.25, 0.3) is 0 Å². The third-order valence-corrected chi connectivity index (χ3v) is 3.47. The van der Waals surface area contributed by atoms with Crippen molar-refractivity contribution in [3.8, 4) is 0 Å². The molecule has 1 atom stereocenters. The van der Waals surface area contributed by atoms with Gasteiger partial charge in [0.05, 0.1) is 6.04 Å². The summed E-state index contributed by atoms with van der Waals surface area (Å²) >= 11 is 1.67. The van der Waals surface area contributed by atoms with Crippen molar-refractivity contribution in [2.24, 2.45) is 22.4 Å². The van der Waals surface area contributed by atoms with Crippen molar-refractivity contribution in [3.63, 3.8) is 0 Å². The van der Waals surface area contributed by atoms with Gasteiger partial charge in [-0.05, 0) is 24.0 Å². The molecular weight excluding hydrogens is 274 g/mol. The molecule has 0 unspecified atom stereocenters. The standard InChI is InChI=1S/C13H21N5OS/c1-20-7-6-11(14)13(19)17-8-9-2-4-10(5-3-9)12(15)18-16/h2-5,11H,6-8,14,16H2,1H3,(H2,15,18)(H,17,19)/t11-/m0/s1. The van der Waals surface area contributed by atoms with Gasteiger partial charge < -0.3 is 22.6 Å². The molecule has 20 heavy (non-hydrogen) atoms. The first-order chi connectivity index (χ1) is 9.58. The topological polar surface area (TPSA) is 120 Å². The first-order valence-corrected chi connectivity index (χ1v) is 7.62. The summed E-state index contributed by atoms with van der Waals surface area (Å²) in [5.41, 5.74) is 13.1. The molecule has 0 aromatic heterocycles. The molecule has 0 spiro atoms. The molecule has 0 fully saturated rings. The summed E-state index contributed by atoms with van der Waals surface area (Å²) in [7, 11) is 0. The van der Waals surface area contributed by atoms with Gasteiger partial charge in [-0.1, -0.05) is 24.3 Å². The third-order valence-electron chi connectivity index (χ3n) is 2.83. The lowest BCUT2D eigenvalue weighted by atomic mass is 10.1. The minimum Gasteiger partial charge on any atom is -0.382 e. The van der Waals surface area contributed by atoms with Crippen molar-refractivity contribution in [1.82, 2.24) is 5.32 Å². The number of nitrogens with one attached hydrogen (secondary N) is 1. The van der Waals surface area contributed by atoms with Crippen LogP contribution >= 0.6 is 11.8 Å². The van der Waals surface area contributed by atoms with Gasteiger partial charge in [-0.2, -0.15) is 16.9 Å². The maximum atomic E-state index is 11.7. The van der Waals surface area contributed by atoms with Gasteiger partial charge in [0.2, 0.25) is 5.91 Å². The Bertz CT molecular complexity index is 460. The number of nitrogens with two attached hydrogens (primary N) is 3. The lowest BCUT2D eigenvalue weighted by molar-refractivity contribution is -0.122. The van der Waals surface area contributed by atoms with E-state index in [1.807, 2.05) is 18.4 Å². The number of amides is 1. The number of nitrogens with zero attached hydrogens (tertiary/aromatic N) is 1. The van der Waals surface area contributed by atoms with E-state index in [1.54, 1.807) is 23.9 Å². The summed E-state index contributed by atoms with van der Waals surface area (Å²) in [6, 6.07) is 6.88. The Balaban J connectivity index is 2.47. The van der Waals surface area contributed by atoms with E-state index in [-0.39, 0.29) is 11.7 Å². The molecule has 0 aliphatic rings. The quantitative estimate of drug-likeness (QED) is 0.243. The molecule has 0 saturated heterocycles. The van der Waals surface area contributed by atoms with Crippen LogP contribution in [0.15, 0.2) is 29.4 Å². The van der Waals surface area contributed by atoms with Crippen molar-refractivity contribution in [2.75, 3.05) is 12.0 Å². The fraction of sp³-hybridized carbons (Fsp3) is 0.385. The molecule has 0 bridgehead atoms. The predicted octanol–water partition coefficient (Wildman–Crippen LogP) is -0.0378. The molecule has 1 rings (SSSR count). The summed E-state index contributed by atoms with van der Waals surface area (Å²) in [5.74, 6) is 6.12. The first-order valence-electron chi connectivity index (χ1n) is 6.23. The normalized spacial score (nSPS) is 13.0. The molecule has 7 N–H and O–H groups in total. The largest absolute Gasteiger partial charge is 0.382 e. The van der Waals surface area contributed by atoms with E-state index in [9.17, 15) is 4.79 Å². The van der Waals surface area contributed by atoms with Crippen LogP contribution in [-0.4, -0.2) is 29.8 Å². The molecule has 7 heteroatoms. The summed E-state index contributed by atoms with van der Waals surface area (Å²) in [6.45, 7) is 0.436. The summed E-state index contributed by atoms with van der Waals surface area (Å²) in [4.78, 5) is 11.7. The van der Waals surface area contributed by atoms with E-state index in [0.717, 1.165) is 16.9 Å². The monoisotopic (exact) mass is 295 g/mol. The van der Waals surface area contributed by atoms with E-state index in [4.69, 9.17) is 17.3 Å². The van der Waals surface area contributed by atoms with Gasteiger partial charge in [-0.15, -0.1) is 0 Å². The molecule has 1 aromatic carbocycles. The molecule has 110 valence electrons. The number of hydrogen-bond donors (Lipinski definition) is 4. The number of amidine groups is 1. The predicted molar refractivity (Wildman–Crippen MR) is 84.2 cm³/mol. The average Bonchev–Trinajstić information content (AvgIpc) is 2.49. The fourth-order valence-electron chi connectivity index (χ4n) is 1.56. The van der Waals surface area contributed by atoms with Crippen LogP contribution < -0.4 is 22.6 Å². The summed E-state index contributed by atoms with van der Waals surface area (Å²) in [5, 5.41) is 6.23. The first kappa shape index (κ1) is 16.3. The van der Waals surface area contributed by atoms with Crippen molar-refractivity contribution < 1.29 is 4.79 Å². The van der Waals surface area contributed by atoms with Crippen LogP contribution in [0.25, 0.3) is 0 Å². The highest BCUT2D eigenvalue weighted by molar-refractivity contribution is 7.98. The number of benzene rings is 1. The molecule has 0 heterocycles. The van der Waals surface area contributed by atoms with Gasteiger partial charge >= 0.3 is 0 Å². The van der Waals surface area contributed by atoms with Crippen molar-refractivity contribution in [3.05, 3.63) is 35.4 Å². The zero-order valence-corrected chi connectivity index (χ0v) is 12.3. The van der Waals surface area contributed by atoms with Crippen LogP contribution in [0, 0.1) is 0 Å². The Morgan fingerprint density at radius 3 is 2.60 bits per heavy atom. The van der Waals surface area contributed by atoms with E-state index in [0.29, 0.717) is 13.0 Å². The highest BCUT2D eigenvalue weighted by atomic mass is 32.2. The van der Waals surface area contributed by atoms with Crippen LogP contribution in [0.1, 0.15) is 17.5 Å². The Kier molecular flexibility index (Phi) is 6.89. The molecular formula is C13H21N5OS. The van der Waals surface area contributed by atoms with Gasteiger partial charge in [-0.3, -0.25) is 4.79 Å². The Hall–Kier alpha value is -1.73. The highest BCUT2D eigenvalue weighted by Gasteiger charge is 2.12. The SMILES string of the molecule is CSCC[C@H](N)C(=O)NCc1ccc(C(N)=NN)cc1. The van der Waals surface area contributed by atoms with E-state index >= 15 is 0 Å². The van der Waals surface area contributed by atoms with Crippen LogP contribution in [0.4, 0.5) is 0 Å². The van der Waals surface area contributed by atoms with Crippen LogP contribution in [0.2, 0.25) is 0 Å². The molecule has 0 radical (unpaired) electrons. The van der Waals surface area contributed by atoms with Gasteiger partial charge in [0.1, 0.15) is 5.84 Å². The maximum absolute atomic E-state index is 11.7. The highest BCUT2D eigenvalue weighted by Crippen LogP contribution is 2.04. The second-order valence-electron chi connectivity index (χ2n) is 4.32. The van der Waals surface area contributed by atoms with E-state index in [2.05, 4.69) is 10.4 Å². The van der Waals surface area contributed by atoms with Gasteiger partial charge in [-0.25, -0.2) is 0 Å². The van der Waals surface area contributed by atoms with Crippen molar-refractivity contribution in [1.29, 1.82) is 0 Å². The summed E-state index contributed by atoms with van der Waals surface area (Å²) < 4.78 is 0. The smallest absolute Gasteiger partial charge is 0.237 e. The molecule has 1 amide bonds. The number of rotatable bonds is 7. The second kappa shape index (κ2) is 8.44. The molecule has 6 nitrogen and oxygen atoms in total. The summed E-state index contributed by atoms with van der Waals surface area (Å²) in [6.07, 6.45) is 2.66. The number of carbonyl (C=O) groups excluding carboxylic acids is 1. The fourth-order valence-corrected chi connectivity index (χ4v) is 2.05. The van der Waals surface area contributed by atoms with Crippen LogP contribution in [-0.2, 0) is 11.3 Å². The molecule has 0 aliphatic heterocycles. The van der Waals surface area contributed by atoms with E-state index < -0.39 is 6.04 Å². The molecule has 0 aliphatic carbocycles. The van der Waals surface area contributed by atoms with Gasteiger partial charge in [0.15, 0.2) is 0 Å². The number of hydrazone groups is 1. The molecule has 0 saturated carbocycles. The van der Waals surface area contributed by atoms with E-state index in [1.165, 1.54) is 0 Å². The number of thioether (sulfide) groups is 1. The molecule has 1 aromatic rings. The number of carbonyl (C=O) groups is 1. The van der Waals surface area contributed by atoms with Crippen molar-refractivity contribution in [2.45, 2.75) is 19.0 Å². The Morgan fingerprint density at radius 2 is 2.05 bits per heavy atom. The Morgan fingerprint density at radius 1 is 1.40 bits per heavy atom. The zero-order valence-electron chi connectivity index (χ0n) is 11.5. The third kappa shape index (κ3) is 5.10. The minimum absolute atomic E-state index is 0.133. The average molecular weight is 295 g/mol. The van der Waals surface area contributed by atoms with Gasteiger partial charge in [0, 0.05) is 12.1 Å². The van der Waals surface area contributed by atoms with Crippen molar-refractivity contribution >= 4 is 23.5 Å².